The quantitative estimate of drug-likeness (QED) is 0.00394. The van der Waals surface area contributed by atoms with Gasteiger partial charge in [-0.05, 0) is 55.4 Å². The average molecular weight is 2120 g/mol. The number of aromatic nitrogens is 20. The Bertz CT molecular complexity index is 5660. The van der Waals surface area contributed by atoms with E-state index in [0.29, 0.717) is 148 Å². The third-order valence-electron chi connectivity index (χ3n) is 24.5. The standard InChI is InChI=1S/C22H36N6O3Si.C19H32N6O3Si.C13H18N6O3.C13H17N5O3.C10H13N5O3.C6H15ClSi.C5H13NO2.C3H5Br/c1-9-10-29-16-11-18(31-17(16)12-30-32(7,8)22(2,3)4)28-15-25-19-20(26-14-27(5)6)23-13-24-21(19)28;1-19(2,3)29(6,7)27-9-14-13(26)8-15(28-14)25-12-22-16-17(23-11-24(4)5)20-10-21-18(16)25;1-18(2)6-17-12-11-13(15-5-14-12)19(7-16-11)10-3-8(21)9(4-20)22-10;1-2-3-20-8-4-10(21-9(8)5-19)18-7-17-11-12(14)15-6-16-13(11)18;11-9-8-10(13-3-12-9)15(4-14-8)7-1-5(17)6(2-16)18-7;1-6(2,3)8(4,5)7;1-6(2)5(7-3)8-4;1-2-3-4/h9,13-18H,1,10-12H2,2-8H3;10-15,26H,8-9H2,1-7H3;5-10,20-21H,3-4H2,1-2H3;2,6-10,19H,1,3-5H2,(H2,14,15,16);3-7,16-17H,1-2H2,(H2,11,12,13);1-5H3;5H,1-4H3;2H,1,3H2/t16?,17-,18-;13?,14-,15-;2*8?,9-,10-;5?,6-,7-;;;/m11111.../s1. The van der Waals surface area contributed by atoms with Crippen LogP contribution in [0, 0.1) is 0 Å². The predicted molar refractivity (Wildman–Crippen MR) is 558 cm³/mol. The number of fused-ring (bicyclic) bond motifs is 5. The zero-order valence-electron chi connectivity index (χ0n) is 86.4. The van der Waals surface area contributed by atoms with Crippen LogP contribution in [-0.4, -0.2) is 381 Å². The van der Waals surface area contributed by atoms with Gasteiger partial charge in [0, 0.05) is 93.9 Å². The van der Waals surface area contributed by atoms with Crippen molar-refractivity contribution in [3.8, 4) is 0 Å². The SMILES string of the molecule is C=CCBr.C=CCOC1C[C@H](n2cnc3c(N)ncnc32)O[C@@H]1CO.C=CCOC1C[C@H](n2cnc3c(N=CN(C)C)ncnc32)O[C@@H]1CO[Si](C)(C)C(C)(C)C.CC(C)(C)[Si](C)(C)Cl.CN(C)C=Nc1ncnc2c1ncn2[C@H]1CC(O)[C@@H](CO)O1.CN(C)C=Nc1ncnc2c1ncn2[C@H]1CC(O)[C@@H](CO[Si](C)(C)C(C)(C)C)O1.COC(OC)N(C)C.Nc1ncnc2c1ncn2[C@H]1CC(O)[C@@H](CO)O1. The summed E-state index contributed by atoms with van der Waals surface area (Å²) in [5.41, 5.74) is 17.4. The Morgan fingerprint density at radius 1 is 0.430 bits per heavy atom. The molecule has 10 aromatic heterocycles. The molecule has 0 aliphatic carbocycles. The Kier molecular flexibility index (Phi) is 44.6. The Morgan fingerprint density at radius 3 is 0.965 bits per heavy atom. The van der Waals surface area contributed by atoms with Crippen LogP contribution in [-0.2, 0) is 51.5 Å². The highest BCUT2D eigenvalue weighted by Gasteiger charge is 2.46. The summed E-state index contributed by atoms with van der Waals surface area (Å²) in [6, 6.07) is 0. The van der Waals surface area contributed by atoms with Crippen molar-refractivity contribution >= 4 is 155 Å². The van der Waals surface area contributed by atoms with Gasteiger partial charge in [-0.2, -0.15) is 11.1 Å². The maximum atomic E-state index is 10.5. The first-order valence-corrected chi connectivity index (χ1v) is 57.4. The van der Waals surface area contributed by atoms with Gasteiger partial charge < -0.3 is 108 Å². The molecule has 786 valence electrons. The van der Waals surface area contributed by atoms with Crippen LogP contribution in [0.2, 0.25) is 54.4 Å². The minimum Gasteiger partial charge on any atom is -0.414 e. The molecule has 15 heterocycles. The van der Waals surface area contributed by atoms with E-state index in [0.717, 1.165) is 5.33 Å². The van der Waals surface area contributed by atoms with Crippen molar-refractivity contribution in [2.24, 2.45) is 15.0 Å². The monoisotopic (exact) mass is 2120 g/mol. The summed E-state index contributed by atoms with van der Waals surface area (Å²) in [5.74, 6) is 2.12. The summed E-state index contributed by atoms with van der Waals surface area (Å²) in [6.45, 7) is 45.1. The van der Waals surface area contributed by atoms with Gasteiger partial charge in [0.05, 0.1) is 127 Å². The van der Waals surface area contributed by atoms with E-state index in [1.165, 1.54) is 31.6 Å². The molecule has 0 saturated carbocycles. The van der Waals surface area contributed by atoms with Gasteiger partial charge in [-0.15, -0.1) is 19.7 Å². The van der Waals surface area contributed by atoms with Gasteiger partial charge >= 0.3 is 0 Å². The molecule has 5 aliphatic rings. The first-order chi connectivity index (χ1) is 66.9. The van der Waals surface area contributed by atoms with Crippen molar-refractivity contribution in [2.75, 3.05) is 134 Å². The summed E-state index contributed by atoms with van der Waals surface area (Å²) >= 11 is 9.28. The topological polar surface area (TPSA) is 543 Å². The van der Waals surface area contributed by atoms with E-state index >= 15 is 0 Å². The van der Waals surface area contributed by atoms with Crippen LogP contribution in [0.5, 0.6) is 0 Å². The Balaban J connectivity index is 0.000000209. The second-order valence-corrected chi connectivity index (χ2v) is 56.8. The number of anilines is 2. The lowest BCUT2D eigenvalue weighted by atomic mass is 10.2. The molecule has 0 spiro atoms. The lowest BCUT2D eigenvalue weighted by molar-refractivity contribution is -0.179. The van der Waals surface area contributed by atoms with Gasteiger partial charge in [0.15, 0.2) is 97.9 Å². The molecular weight excluding hydrogens is 1970 g/mol. The number of ether oxygens (including phenoxy) is 9. The molecule has 0 amide bonds. The number of hydrogen-bond acceptors (Lipinski definition) is 38. The van der Waals surface area contributed by atoms with Crippen molar-refractivity contribution in [3.63, 3.8) is 0 Å². The second kappa shape index (κ2) is 53.7. The molecule has 15 atom stereocenters. The fourth-order valence-corrected chi connectivity index (χ4v) is 15.6. The molecule has 46 nitrogen and oxygen atoms in total. The molecule has 5 unspecified atom stereocenters. The highest BCUT2D eigenvalue weighted by atomic mass is 79.9. The first kappa shape index (κ1) is 118. The van der Waals surface area contributed by atoms with E-state index in [4.69, 9.17) is 79.1 Å². The summed E-state index contributed by atoms with van der Waals surface area (Å²) in [5, 5.41) is 59.2. The number of allylic oxidation sites excluding steroid dienone is 1. The van der Waals surface area contributed by atoms with Crippen molar-refractivity contribution in [1.29, 1.82) is 0 Å². The van der Waals surface area contributed by atoms with Gasteiger partial charge in [-0.25, -0.2) is 89.7 Å². The van der Waals surface area contributed by atoms with Crippen LogP contribution < -0.4 is 11.5 Å². The number of imidazole rings is 5. The van der Waals surface area contributed by atoms with E-state index in [2.05, 4.69) is 227 Å². The van der Waals surface area contributed by atoms with E-state index in [-0.39, 0.29) is 85.5 Å². The lowest BCUT2D eigenvalue weighted by Gasteiger charge is -2.37. The molecule has 51 heteroatoms. The fourth-order valence-electron chi connectivity index (χ4n) is 13.6. The van der Waals surface area contributed by atoms with Crippen LogP contribution in [0.1, 0.15) is 126 Å². The highest BCUT2D eigenvalue weighted by Crippen LogP contribution is 2.44. The highest BCUT2D eigenvalue weighted by molar-refractivity contribution is 9.09. The number of nitrogen functional groups attached to an aromatic ring is 2. The minimum absolute atomic E-state index is 0.103. The predicted octanol–water partition coefficient (Wildman–Crippen LogP) is 10.6. The number of hydrogen-bond donors (Lipinski definition) is 8. The van der Waals surface area contributed by atoms with Crippen LogP contribution in [0.4, 0.5) is 29.1 Å². The van der Waals surface area contributed by atoms with Crippen molar-refractivity contribution in [2.45, 2.75) is 247 Å². The molecule has 5 fully saturated rings. The van der Waals surface area contributed by atoms with Gasteiger partial charge in [0.2, 0.25) is 6.41 Å². The summed E-state index contributed by atoms with van der Waals surface area (Å²) < 4.78 is 72.6. The maximum Gasteiger partial charge on any atom is 0.217 e. The molecule has 5 aliphatic heterocycles. The van der Waals surface area contributed by atoms with Crippen LogP contribution >= 0.6 is 27.0 Å². The van der Waals surface area contributed by atoms with E-state index in [1.807, 2.05) is 80.2 Å². The number of halogens is 2. The zero-order valence-corrected chi connectivity index (χ0v) is 91.8. The second-order valence-electron chi connectivity index (χ2n) is 39.3. The fraction of sp³-hybridized carbons (Fsp3) is 0.626. The van der Waals surface area contributed by atoms with Crippen LogP contribution in [0.3, 0.4) is 0 Å². The number of nitrogens with zero attached hydrogens (tertiary/aromatic N) is 27. The maximum absolute atomic E-state index is 10.5. The average Bonchev–Trinajstić information content (AvgIpc) is 1.64. The molecule has 10 aromatic rings. The van der Waals surface area contributed by atoms with E-state index in [1.54, 1.807) is 102 Å². The number of nitrogens with two attached hydrogens (primary N) is 2. The first-order valence-electron chi connectivity index (χ1n) is 46.4. The Labute approximate surface area is 846 Å². The molecule has 15 rings (SSSR count). The Hall–Kier alpha value is -9.32. The van der Waals surface area contributed by atoms with Crippen molar-refractivity contribution < 1.29 is 82.1 Å². The minimum atomic E-state index is -1.91. The molecule has 0 radical (unpaired) electrons. The number of aliphatic imine (C=N–C) groups is 3. The molecule has 142 heavy (non-hydrogen) atoms. The summed E-state index contributed by atoms with van der Waals surface area (Å²) in [6.07, 6.45) is 21.6. The molecule has 5 saturated heterocycles. The van der Waals surface area contributed by atoms with E-state index < -0.39 is 67.0 Å². The van der Waals surface area contributed by atoms with Crippen molar-refractivity contribution in [1.82, 2.24) is 117 Å². The molecule has 0 bridgehead atoms. The van der Waals surface area contributed by atoms with Crippen LogP contribution in [0.25, 0.3) is 55.8 Å². The third-order valence-corrected chi connectivity index (χ3v) is 39.2. The number of rotatable bonds is 30. The van der Waals surface area contributed by atoms with Gasteiger partial charge in [0.1, 0.15) is 104 Å². The number of aliphatic hydroxyl groups is 6. The number of aliphatic hydroxyl groups excluding tert-OH is 6. The summed E-state index contributed by atoms with van der Waals surface area (Å²) in [7, 11) is 13.1. The third kappa shape index (κ3) is 31.8. The molecule has 0 aromatic carbocycles. The lowest BCUT2D eigenvalue weighted by Crippen LogP contribution is -2.44. The number of methoxy groups -OCH3 is 2. The zero-order chi connectivity index (χ0) is 105. The van der Waals surface area contributed by atoms with Crippen LogP contribution in [0.15, 0.2) is 116 Å². The molecular formula is C91H149BrClN29O17Si3. The van der Waals surface area contributed by atoms with Gasteiger partial charge in [-0.3, -0.25) is 27.7 Å². The summed E-state index contributed by atoms with van der Waals surface area (Å²) in [4.78, 5) is 83.6. The Morgan fingerprint density at radius 2 is 0.697 bits per heavy atom. The van der Waals surface area contributed by atoms with E-state index in [9.17, 15) is 25.5 Å². The van der Waals surface area contributed by atoms with Gasteiger partial charge in [0.25, 0.3) is 0 Å². The number of alkyl halides is 1. The van der Waals surface area contributed by atoms with Gasteiger partial charge in [-0.1, -0.05) is 110 Å². The normalized spacial score (nSPS) is 22.6. The van der Waals surface area contributed by atoms with Crippen molar-refractivity contribution in [3.05, 3.63) is 101 Å². The largest absolute Gasteiger partial charge is 0.414 e. The molecule has 10 N–H and O–H groups in total. The smallest absolute Gasteiger partial charge is 0.217 e.